The van der Waals surface area contributed by atoms with Gasteiger partial charge >= 0.3 is 0 Å². The van der Waals surface area contributed by atoms with Crippen molar-refractivity contribution in [2.45, 2.75) is 26.7 Å². The number of imidazole rings is 1. The molecule has 0 saturated carbocycles. The topological polar surface area (TPSA) is 29.3 Å². The number of aryl methyl sites for hydroxylation is 1. The van der Waals surface area contributed by atoms with E-state index < -0.39 is 0 Å². The van der Waals surface area contributed by atoms with Gasteiger partial charge in [0.1, 0.15) is 11.6 Å². The summed E-state index contributed by atoms with van der Waals surface area (Å²) in [6.45, 7) is 6.39. The number of hydrogen-bond donors (Lipinski definition) is 1. The van der Waals surface area contributed by atoms with E-state index in [0.29, 0.717) is 5.92 Å². The van der Waals surface area contributed by atoms with Gasteiger partial charge < -0.3 is 5.32 Å². The maximum atomic E-state index is 4.62. The fourth-order valence-electron chi connectivity index (χ4n) is 1.90. The first kappa shape index (κ1) is 10.0. The summed E-state index contributed by atoms with van der Waals surface area (Å²) in [5.41, 5.74) is 2.28. The van der Waals surface area contributed by atoms with Crippen LogP contribution in [0.5, 0.6) is 0 Å². The quantitative estimate of drug-likeness (QED) is 0.813. The van der Waals surface area contributed by atoms with E-state index in [4.69, 9.17) is 0 Å². The van der Waals surface area contributed by atoms with Gasteiger partial charge in [0, 0.05) is 13.0 Å². The van der Waals surface area contributed by atoms with Crippen molar-refractivity contribution < 1.29 is 0 Å². The van der Waals surface area contributed by atoms with Gasteiger partial charge in [0.05, 0.1) is 11.2 Å². The Labute approximate surface area is 90.1 Å². The number of fused-ring (bicyclic) bond motifs is 1. The van der Waals surface area contributed by atoms with Gasteiger partial charge in [-0.15, -0.1) is 0 Å². The summed E-state index contributed by atoms with van der Waals surface area (Å²) in [6.07, 6.45) is 0. The maximum absolute atomic E-state index is 4.62. The highest BCUT2D eigenvalue weighted by molar-refractivity contribution is 5.59. The van der Waals surface area contributed by atoms with Crippen molar-refractivity contribution in [1.82, 2.24) is 9.38 Å². The van der Waals surface area contributed by atoms with Crippen LogP contribution in [0.3, 0.4) is 0 Å². The molecule has 2 aromatic heterocycles. The predicted molar refractivity (Wildman–Crippen MR) is 63.6 cm³/mol. The Balaban J connectivity index is 2.82. The molecular formula is C12H17N3. The molecule has 3 nitrogen and oxygen atoms in total. The van der Waals surface area contributed by atoms with E-state index in [0.717, 1.165) is 17.3 Å². The molecule has 80 valence electrons. The molecule has 2 rings (SSSR count). The zero-order valence-electron chi connectivity index (χ0n) is 9.70. The van der Waals surface area contributed by atoms with E-state index in [-0.39, 0.29) is 0 Å². The largest absolute Gasteiger partial charge is 0.374 e. The molecule has 2 aromatic rings. The van der Waals surface area contributed by atoms with Crippen molar-refractivity contribution in [3.8, 4) is 0 Å². The minimum atomic E-state index is 0.431. The van der Waals surface area contributed by atoms with Crippen LogP contribution in [-0.2, 0) is 0 Å². The van der Waals surface area contributed by atoms with Crippen LogP contribution in [-0.4, -0.2) is 16.4 Å². The summed E-state index contributed by atoms with van der Waals surface area (Å²) >= 11 is 0. The van der Waals surface area contributed by atoms with E-state index >= 15 is 0 Å². The molecule has 0 atom stereocenters. The average Bonchev–Trinajstić information content (AvgIpc) is 2.56. The number of anilines is 1. The fourth-order valence-corrected chi connectivity index (χ4v) is 1.90. The Morgan fingerprint density at radius 2 is 2.07 bits per heavy atom. The lowest BCUT2D eigenvalue weighted by Crippen LogP contribution is -2.02. The number of nitrogens with zero attached hydrogens (tertiary/aromatic N) is 2. The summed E-state index contributed by atoms with van der Waals surface area (Å²) in [4.78, 5) is 4.62. The SMILES string of the molecule is CNc1cccc2c(C)nc(C(C)C)n12. The number of aromatic nitrogens is 2. The summed E-state index contributed by atoms with van der Waals surface area (Å²) < 4.78 is 2.19. The minimum Gasteiger partial charge on any atom is -0.374 e. The summed E-state index contributed by atoms with van der Waals surface area (Å²) in [7, 11) is 1.94. The van der Waals surface area contributed by atoms with Crippen molar-refractivity contribution in [2.24, 2.45) is 0 Å². The smallest absolute Gasteiger partial charge is 0.117 e. The molecule has 0 unspecified atom stereocenters. The average molecular weight is 203 g/mol. The molecule has 0 aromatic carbocycles. The van der Waals surface area contributed by atoms with Gasteiger partial charge in [-0.25, -0.2) is 4.98 Å². The number of pyridine rings is 1. The van der Waals surface area contributed by atoms with Crippen molar-refractivity contribution >= 4 is 11.3 Å². The molecule has 3 heteroatoms. The van der Waals surface area contributed by atoms with Crippen LogP contribution in [0.25, 0.3) is 5.52 Å². The third-order valence-electron chi connectivity index (χ3n) is 2.64. The Morgan fingerprint density at radius 3 is 2.67 bits per heavy atom. The molecule has 0 saturated heterocycles. The molecule has 0 aliphatic carbocycles. The number of rotatable bonds is 2. The van der Waals surface area contributed by atoms with Crippen molar-refractivity contribution in [2.75, 3.05) is 12.4 Å². The summed E-state index contributed by atoms with van der Waals surface area (Å²) in [6, 6.07) is 6.23. The first-order valence-corrected chi connectivity index (χ1v) is 5.31. The van der Waals surface area contributed by atoms with Gasteiger partial charge in [-0.05, 0) is 19.1 Å². The van der Waals surface area contributed by atoms with Crippen LogP contribution in [0, 0.1) is 6.92 Å². The molecule has 0 amide bonds. The van der Waals surface area contributed by atoms with E-state index in [9.17, 15) is 0 Å². The Morgan fingerprint density at radius 1 is 1.33 bits per heavy atom. The number of hydrogen-bond acceptors (Lipinski definition) is 2. The van der Waals surface area contributed by atoms with Crippen LogP contribution < -0.4 is 5.32 Å². The van der Waals surface area contributed by atoms with Crippen LogP contribution in [0.4, 0.5) is 5.82 Å². The molecule has 15 heavy (non-hydrogen) atoms. The Kier molecular flexibility index (Phi) is 2.39. The van der Waals surface area contributed by atoms with Crippen molar-refractivity contribution in [1.29, 1.82) is 0 Å². The van der Waals surface area contributed by atoms with E-state index in [1.165, 1.54) is 5.52 Å². The van der Waals surface area contributed by atoms with Gasteiger partial charge in [-0.2, -0.15) is 0 Å². The second kappa shape index (κ2) is 3.57. The van der Waals surface area contributed by atoms with Gasteiger partial charge in [0.15, 0.2) is 0 Å². The third-order valence-corrected chi connectivity index (χ3v) is 2.64. The molecule has 0 spiro atoms. The van der Waals surface area contributed by atoms with Crippen LogP contribution in [0.2, 0.25) is 0 Å². The van der Waals surface area contributed by atoms with Crippen LogP contribution in [0.1, 0.15) is 31.3 Å². The standard InChI is InChI=1S/C12H17N3/c1-8(2)12-14-9(3)10-6-5-7-11(13-4)15(10)12/h5-8,13H,1-4H3. The summed E-state index contributed by atoms with van der Waals surface area (Å²) in [5, 5.41) is 3.20. The van der Waals surface area contributed by atoms with Crippen LogP contribution in [0.15, 0.2) is 18.2 Å². The zero-order chi connectivity index (χ0) is 11.0. The number of nitrogens with one attached hydrogen (secondary N) is 1. The molecule has 2 heterocycles. The minimum absolute atomic E-state index is 0.431. The molecule has 0 radical (unpaired) electrons. The lowest BCUT2D eigenvalue weighted by Gasteiger charge is -2.09. The molecule has 0 aliphatic rings. The maximum Gasteiger partial charge on any atom is 0.117 e. The van der Waals surface area contributed by atoms with E-state index in [1.807, 2.05) is 7.05 Å². The highest BCUT2D eigenvalue weighted by atomic mass is 15.1. The lowest BCUT2D eigenvalue weighted by atomic mass is 10.2. The highest BCUT2D eigenvalue weighted by Gasteiger charge is 2.12. The molecule has 0 aliphatic heterocycles. The molecule has 0 fully saturated rings. The van der Waals surface area contributed by atoms with E-state index in [1.54, 1.807) is 0 Å². The second-order valence-electron chi connectivity index (χ2n) is 4.09. The molecule has 0 bridgehead atoms. The lowest BCUT2D eigenvalue weighted by molar-refractivity contribution is 0.770. The Hall–Kier alpha value is -1.51. The van der Waals surface area contributed by atoms with Gasteiger partial charge in [-0.3, -0.25) is 4.40 Å². The van der Waals surface area contributed by atoms with Gasteiger partial charge in [0.25, 0.3) is 0 Å². The fraction of sp³-hybridized carbons (Fsp3) is 0.417. The Bertz CT molecular complexity index is 483. The van der Waals surface area contributed by atoms with Crippen molar-refractivity contribution in [3.05, 3.63) is 29.7 Å². The van der Waals surface area contributed by atoms with Gasteiger partial charge in [-0.1, -0.05) is 19.9 Å². The zero-order valence-corrected chi connectivity index (χ0v) is 9.70. The normalized spacial score (nSPS) is 11.3. The first-order valence-electron chi connectivity index (χ1n) is 5.31. The van der Waals surface area contributed by atoms with E-state index in [2.05, 4.69) is 53.7 Å². The summed E-state index contributed by atoms with van der Waals surface area (Å²) in [5.74, 6) is 2.64. The van der Waals surface area contributed by atoms with Crippen molar-refractivity contribution in [3.63, 3.8) is 0 Å². The third kappa shape index (κ3) is 1.48. The predicted octanol–water partition coefficient (Wildman–Crippen LogP) is 2.81. The van der Waals surface area contributed by atoms with Gasteiger partial charge in [0.2, 0.25) is 0 Å². The monoisotopic (exact) mass is 203 g/mol. The highest BCUT2D eigenvalue weighted by Crippen LogP contribution is 2.23. The second-order valence-corrected chi connectivity index (χ2v) is 4.09. The first-order chi connectivity index (χ1) is 7.15. The molecular weight excluding hydrogens is 186 g/mol. The van der Waals surface area contributed by atoms with Crippen LogP contribution >= 0.6 is 0 Å². The molecule has 1 N–H and O–H groups in total.